The van der Waals surface area contributed by atoms with Gasteiger partial charge in [-0.05, 0) is 71.1 Å². The molecule has 2 rings (SSSR count). The average molecular weight is 349 g/mol. The van der Waals surface area contributed by atoms with Crippen LogP contribution in [0.5, 0.6) is 5.75 Å². The van der Waals surface area contributed by atoms with E-state index in [4.69, 9.17) is 4.74 Å². The summed E-state index contributed by atoms with van der Waals surface area (Å²) in [5.41, 5.74) is 0.309. The van der Waals surface area contributed by atoms with Gasteiger partial charge in [-0.15, -0.1) is 0 Å². The molecule has 1 fully saturated rings. The molecular weight excluding hydrogens is 318 g/mol. The fraction of sp³-hybridized carbons (Fsp3) is 0.650. The highest BCUT2D eigenvalue weighted by atomic mass is 16.6. The summed E-state index contributed by atoms with van der Waals surface area (Å²) in [5.74, 6) is 0.196. The van der Waals surface area contributed by atoms with Gasteiger partial charge >= 0.3 is 6.09 Å². The average Bonchev–Trinajstić information content (AvgIpc) is 2.88. The first-order valence-electron chi connectivity index (χ1n) is 8.98. The maximum atomic E-state index is 12.5. The van der Waals surface area contributed by atoms with E-state index in [1.54, 1.807) is 24.8 Å². The highest BCUT2D eigenvalue weighted by Crippen LogP contribution is 2.30. The number of carbonyl (C=O) groups excluding carboxylic acids is 1. The third-order valence-electron chi connectivity index (χ3n) is 4.32. The standard InChI is InChI=1S/C20H31NO4/c1-19(2,3)25-18(23)21-11-7-9-15(21)12-14-8-6-10-17(22)16(14)13-20(4,5)24/h6,8,10,15,22,24H,7,9,11-13H2,1-5H3/t15-/m0/s1. The van der Waals surface area contributed by atoms with Gasteiger partial charge in [0.05, 0.1) is 5.60 Å². The Balaban J connectivity index is 2.18. The molecule has 5 nitrogen and oxygen atoms in total. The number of hydrogen-bond donors (Lipinski definition) is 2. The molecule has 1 amide bonds. The minimum Gasteiger partial charge on any atom is -0.508 e. The summed E-state index contributed by atoms with van der Waals surface area (Å²) in [7, 11) is 0. The van der Waals surface area contributed by atoms with Crippen LogP contribution >= 0.6 is 0 Å². The molecule has 5 heteroatoms. The van der Waals surface area contributed by atoms with Crippen molar-refractivity contribution < 1.29 is 19.7 Å². The fourth-order valence-electron chi connectivity index (χ4n) is 3.31. The molecule has 0 aliphatic carbocycles. The normalized spacial score (nSPS) is 18.5. The van der Waals surface area contributed by atoms with E-state index in [1.165, 1.54) is 0 Å². The Labute approximate surface area is 150 Å². The summed E-state index contributed by atoms with van der Waals surface area (Å²) < 4.78 is 5.52. The second-order valence-corrected chi connectivity index (χ2v) is 8.58. The summed E-state index contributed by atoms with van der Waals surface area (Å²) in [5, 5.41) is 20.4. The van der Waals surface area contributed by atoms with Crippen molar-refractivity contribution in [2.75, 3.05) is 6.54 Å². The molecule has 1 aliphatic rings. The second kappa shape index (κ2) is 7.24. The lowest BCUT2D eigenvalue weighted by Gasteiger charge is -2.29. The Kier molecular flexibility index (Phi) is 5.67. The maximum absolute atomic E-state index is 12.5. The number of phenols is 1. The van der Waals surface area contributed by atoms with Gasteiger partial charge in [0, 0.05) is 19.0 Å². The third kappa shape index (κ3) is 5.63. The fourth-order valence-corrected chi connectivity index (χ4v) is 3.31. The molecular formula is C20H31NO4. The molecule has 0 bridgehead atoms. The first kappa shape index (κ1) is 19.6. The summed E-state index contributed by atoms with van der Waals surface area (Å²) >= 11 is 0. The SMILES string of the molecule is CC(C)(O)Cc1c(O)cccc1C[C@@H]1CCCN1C(=O)OC(C)(C)C. The van der Waals surface area contributed by atoms with E-state index in [0.717, 1.165) is 24.0 Å². The minimum atomic E-state index is -0.909. The number of rotatable bonds is 4. The Morgan fingerprint density at radius 2 is 1.96 bits per heavy atom. The number of ether oxygens (including phenoxy) is 1. The number of carbonyl (C=O) groups is 1. The largest absolute Gasteiger partial charge is 0.508 e. The van der Waals surface area contributed by atoms with Crippen LogP contribution in [0.1, 0.15) is 58.6 Å². The van der Waals surface area contributed by atoms with Crippen molar-refractivity contribution in [2.24, 2.45) is 0 Å². The van der Waals surface area contributed by atoms with Gasteiger partial charge in [0.2, 0.25) is 0 Å². The zero-order valence-corrected chi connectivity index (χ0v) is 16.0. The lowest BCUT2D eigenvalue weighted by Crippen LogP contribution is -2.40. The quantitative estimate of drug-likeness (QED) is 0.870. The molecule has 1 aliphatic heterocycles. The van der Waals surface area contributed by atoms with Crippen LogP contribution in [0.4, 0.5) is 4.79 Å². The van der Waals surface area contributed by atoms with E-state index in [0.29, 0.717) is 19.4 Å². The molecule has 0 radical (unpaired) electrons. The molecule has 0 aromatic heterocycles. The molecule has 1 aromatic rings. The smallest absolute Gasteiger partial charge is 0.410 e. The maximum Gasteiger partial charge on any atom is 0.410 e. The van der Waals surface area contributed by atoms with Gasteiger partial charge < -0.3 is 19.8 Å². The molecule has 0 spiro atoms. The van der Waals surface area contributed by atoms with Gasteiger partial charge in [-0.1, -0.05) is 12.1 Å². The van der Waals surface area contributed by atoms with E-state index in [1.807, 2.05) is 32.9 Å². The highest BCUT2D eigenvalue weighted by Gasteiger charge is 2.33. The zero-order valence-electron chi connectivity index (χ0n) is 16.0. The van der Waals surface area contributed by atoms with Crippen LogP contribution in [-0.2, 0) is 17.6 Å². The zero-order chi connectivity index (χ0) is 18.8. The second-order valence-electron chi connectivity index (χ2n) is 8.58. The molecule has 1 heterocycles. The van der Waals surface area contributed by atoms with Crippen LogP contribution in [0.3, 0.4) is 0 Å². The molecule has 25 heavy (non-hydrogen) atoms. The third-order valence-corrected chi connectivity index (χ3v) is 4.32. The van der Waals surface area contributed by atoms with Gasteiger partial charge in [-0.2, -0.15) is 0 Å². The summed E-state index contributed by atoms with van der Waals surface area (Å²) in [6.07, 6.45) is 2.60. The van der Waals surface area contributed by atoms with Crippen molar-refractivity contribution in [1.82, 2.24) is 4.90 Å². The van der Waals surface area contributed by atoms with E-state index in [9.17, 15) is 15.0 Å². The molecule has 2 N–H and O–H groups in total. The van der Waals surface area contributed by atoms with Crippen molar-refractivity contribution in [2.45, 2.75) is 77.5 Å². The van der Waals surface area contributed by atoms with Crippen molar-refractivity contribution in [3.8, 4) is 5.75 Å². The Bertz CT molecular complexity index is 613. The number of nitrogens with zero attached hydrogens (tertiary/aromatic N) is 1. The number of phenolic OH excluding ortho intramolecular Hbond substituents is 1. The van der Waals surface area contributed by atoms with Gasteiger partial charge in [0.1, 0.15) is 11.4 Å². The number of aromatic hydroxyl groups is 1. The number of aliphatic hydroxyl groups is 1. The van der Waals surface area contributed by atoms with Gasteiger partial charge in [-0.25, -0.2) is 4.79 Å². The van der Waals surface area contributed by atoms with Crippen LogP contribution in [0.15, 0.2) is 18.2 Å². The Morgan fingerprint density at radius 3 is 2.56 bits per heavy atom. The monoisotopic (exact) mass is 349 g/mol. The van der Waals surface area contributed by atoms with Crippen molar-refractivity contribution in [3.05, 3.63) is 29.3 Å². The van der Waals surface area contributed by atoms with Gasteiger partial charge in [-0.3, -0.25) is 0 Å². The van der Waals surface area contributed by atoms with Crippen LogP contribution in [0.2, 0.25) is 0 Å². The first-order valence-corrected chi connectivity index (χ1v) is 8.98. The van der Waals surface area contributed by atoms with Crippen molar-refractivity contribution in [1.29, 1.82) is 0 Å². The van der Waals surface area contributed by atoms with E-state index >= 15 is 0 Å². The molecule has 1 saturated heterocycles. The number of likely N-dealkylation sites (tertiary alicyclic amines) is 1. The predicted octanol–water partition coefficient (Wildman–Crippen LogP) is 3.65. The first-order chi connectivity index (χ1) is 11.5. The van der Waals surface area contributed by atoms with E-state index in [2.05, 4.69) is 0 Å². The topological polar surface area (TPSA) is 70.0 Å². The van der Waals surface area contributed by atoms with Crippen LogP contribution in [0.25, 0.3) is 0 Å². The summed E-state index contributed by atoms with van der Waals surface area (Å²) in [6, 6.07) is 5.47. The Hall–Kier alpha value is -1.75. The molecule has 0 saturated carbocycles. The van der Waals surface area contributed by atoms with E-state index < -0.39 is 11.2 Å². The lowest BCUT2D eigenvalue weighted by molar-refractivity contribution is 0.0226. The van der Waals surface area contributed by atoms with Gasteiger partial charge in [0.15, 0.2) is 0 Å². The number of benzene rings is 1. The molecule has 140 valence electrons. The number of hydrogen-bond acceptors (Lipinski definition) is 4. The number of amides is 1. The summed E-state index contributed by atoms with van der Waals surface area (Å²) in [6.45, 7) is 9.75. The van der Waals surface area contributed by atoms with Crippen molar-refractivity contribution in [3.63, 3.8) is 0 Å². The lowest BCUT2D eigenvalue weighted by atomic mass is 9.91. The molecule has 1 atom stereocenters. The van der Waals surface area contributed by atoms with Crippen molar-refractivity contribution >= 4 is 6.09 Å². The van der Waals surface area contributed by atoms with Crippen LogP contribution < -0.4 is 0 Å². The predicted molar refractivity (Wildman–Crippen MR) is 97.8 cm³/mol. The van der Waals surface area contributed by atoms with Crippen LogP contribution in [-0.4, -0.2) is 45.0 Å². The highest BCUT2D eigenvalue weighted by molar-refractivity contribution is 5.69. The van der Waals surface area contributed by atoms with E-state index in [-0.39, 0.29) is 17.9 Å². The minimum absolute atomic E-state index is 0.0530. The van der Waals surface area contributed by atoms with Gasteiger partial charge in [0.25, 0.3) is 0 Å². The summed E-state index contributed by atoms with van der Waals surface area (Å²) in [4.78, 5) is 14.3. The molecule has 0 unspecified atom stereocenters. The van der Waals surface area contributed by atoms with Crippen LogP contribution in [0, 0.1) is 0 Å². The Morgan fingerprint density at radius 1 is 1.28 bits per heavy atom. The molecule has 1 aromatic carbocycles.